The number of aromatic nitrogens is 1. The molecule has 0 bridgehead atoms. The van der Waals surface area contributed by atoms with Crippen LogP contribution in [0.2, 0.25) is 0 Å². The molecule has 1 aromatic heterocycles. The lowest BCUT2D eigenvalue weighted by Crippen LogP contribution is -1.69. The van der Waals surface area contributed by atoms with Gasteiger partial charge in [0.15, 0.2) is 11.5 Å². The van der Waals surface area contributed by atoms with E-state index in [1.807, 2.05) is 6.07 Å². The summed E-state index contributed by atoms with van der Waals surface area (Å²) in [5.41, 5.74) is 0.820. The number of hydrogen-bond acceptors (Lipinski definition) is 2. The molecule has 1 aromatic carbocycles. The van der Waals surface area contributed by atoms with E-state index >= 15 is 0 Å². The number of aromatic amines is 1. The molecular formula is C8H8ClNO2. The highest BCUT2D eigenvalue weighted by atomic mass is 35.5. The van der Waals surface area contributed by atoms with Crippen LogP contribution in [0, 0.1) is 0 Å². The molecule has 0 aliphatic carbocycles. The van der Waals surface area contributed by atoms with E-state index in [1.165, 1.54) is 12.1 Å². The van der Waals surface area contributed by atoms with E-state index in [1.54, 1.807) is 6.20 Å². The summed E-state index contributed by atoms with van der Waals surface area (Å²) in [7, 11) is 0. The fraction of sp³-hybridized carbons (Fsp3) is 0. The number of halogens is 1. The lowest BCUT2D eigenvalue weighted by molar-refractivity contribution is 0.405. The monoisotopic (exact) mass is 185 g/mol. The Morgan fingerprint density at radius 1 is 1.08 bits per heavy atom. The summed E-state index contributed by atoms with van der Waals surface area (Å²) in [5, 5.41) is 19.0. The average molecular weight is 186 g/mol. The van der Waals surface area contributed by atoms with E-state index in [0.717, 1.165) is 10.9 Å². The number of rotatable bonds is 0. The van der Waals surface area contributed by atoms with Gasteiger partial charge in [0.2, 0.25) is 0 Å². The molecule has 0 atom stereocenters. The summed E-state index contributed by atoms with van der Waals surface area (Å²) in [6, 6.07) is 4.83. The Morgan fingerprint density at radius 2 is 1.75 bits per heavy atom. The molecule has 0 unspecified atom stereocenters. The van der Waals surface area contributed by atoms with Crippen LogP contribution in [-0.2, 0) is 0 Å². The fourth-order valence-corrected chi connectivity index (χ4v) is 1.08. The molecular weight excluding hydrogens is 178 g/mol. The number of benzene rings is 1. The van der Waals surface area contributed by atoms with Crippen molar-refractivity contribution in [3.63, 3.8) is 0 Å². The molecule has 0 spiro atoms. The summed E-state index contributed by atoms with van der Waals surface area (Å²) < 4.78 is 0. The molecule has 4 heteroatoms. The van der Waals surface area contributed by atoms with Crippen LogP contribution in [0.1, 0.15) is 0 Å². The van der Waals surface area contributed by atoms with Gasteiger partial charge in [-0.2, -0.15) is 0 Å². The molecule has 2 aromatic rings. The van der Waals surface area contributed by atoms with Crippen molar-refractivity contribution >= 4 is 23.3 Å². The van der Waals surface area contributed by atoms with Crippen LogP contribution < -0.4 is 0 Å². The number of H-pyrrole nitrogens is 1. The van der Waals surface area contributed by atoms with Gasteiger partial charge in [0.1, 0.15) is 0 Å². The summed E-state index contributed by atoms with van der Waals surface area (Å²) in [5.74, 6) is -0.183. The molecule has 1 heterocycles. The van der Waals surface area contributed by atoms with Gasteiger partial charge in [0, 0.05) is 23.2 Å². The highest BCUT2D eigenvalue weighted by Gasteiger charge is 2.01. The minimum Gasteiger partial charge on any atom is -0.504 e. The predicted octanol–water partition coefficient (Wildman–Crippen LogP) is 2.00. The molecule has 12 heavy (non-hydrogen) atoms. The van der Waals surface area contributed by atoms with E-state index in [9.17, 15) is 0 Å². The van der Waals surface area contributed by atoms with E-state index < -0.39 is 0 Å². The van der Waals surface area contributed by atoms with Crippen LogP contribution >= 0.6 is 12.4 Å². The van der Waals surface area contributed by atoms with Crippen molar-refractivity contribution in [2.45, 2.75) is 0 Å². The smallest absolute Gasteiger partial charge is 0.159 e. The number of hydrogen-bond donors (Lipinski definition) is 3. The first kappa shape index (κ1) is 8.74. The summed E-state index contributed by atoms with van der Waals surface area (Å²) in [6.45, 7) is 0. The maximum Gasteiger partial charge on any atom is 0.159 e. The first-order chi connectivity index (χ1) is 5.27. The van der Waals surface area contributed by atoms with Crippen molar-refractivity contribution in [3.05, 3.63) is 24.4 Å². The molecule has 64 valence electrons. The van der Waals surface area contributed by atoms with E-state index in [4.69, 9.17) is 10.2 Å². The van der Waals surface area contributed by atoms with Crippen LogP contribution in [0.15, 0.2) is 24.4 Å². The van der Waals surface area contributed by atoms with E-state index in [-0.39, 0.29) is 23.9 Å². The first-order valence-electron chi connectivity index (χ1n) is 3.26. The Bertz CT molecular complexity index is 361. The van der Waals surface area contributed by atoms with Gasteiger partial charge in [-0.15, -0.1) is 12.4 Å². The molecule has 0 saturated heterocycles. The van der Waals surface area contributed by atoms with Gasteiger partial charge in [-0.05, 0) is 12.1 Å². The third kappa shape index (κ3) is 1.19. The van der Waals surface area contributed by atoms with Crippen molar-refractivity contribution in [1.29, 1.82) is 0 Å². The van der Waals surface area contributed by atoms with Gasteiger partial charge in [0.05, 0.1) is 0 Å². The van der Waals surface area contributed by atoms with Crippen LogP contribution in [-0.4, -0.2) is 15.2 Å². The molecule has 0 saturated carbocycles. The van der Waals surface area contributed by atoms with Gasteiger partial charge in [-0.25, -0.2) is 0 Å². The third-order valence-electron chi connectivity index (χ3n) is 1.65. The predicted molar refractivity (Wildman–Crippen MR) is 48.9 cm³/mol. The number of phenolic OH excluding ortho intramolecular Hbond substituents is 2. The normalized spacial score (nSPS) is 9.67. The Labute approximate surface area is 75.1 Å². The van der Waals surface area contributed by atoms with Crippen molar-refractivity contribution in [1.82, 2.24) is 4.98 Å². The second-order valence-corrected chi connectivity index (χ2v) is 2.41. The lowest BCUT2D eigenvalue weighted by Gasteiger charge is -1.95. The van der Waals surface area contributed by atoms with Crippen molar-refractivity contribution < 1.29 is 10.2 Å². The van der Waals surface area contributed by atoms with Gasteiger partial charge < -0.3 is 15.2 Å². The van der Waals surface area contributed by atoms with Crippen molar-refractivity contribution in [3.8, 4) is 11.5 Å². The van der Waals surface area contributed by atoms with Crippen LogP contribution in [0.25, 0.3) is 10.9 Å². The largest absolute Gasteiger partial charge is 0.504 e. The Morgan fingerprint density at radius 3 is 2.50 bits per heavy atom. The van der Waals surface area contributed by atoms with Crippen LogP contribution in [0.3, 0.4) is 0 Å². The molecule has 3 nitrogen and oxygen atoms in total. The highest BCUT2D eigenvalue weighted by molar-refractivity contribution is 5.85. The molecule has 0 amide bonds. The van der Waals surface area contributed by atoms with Gasteiger partial charge in [-0.3, -0.25) is 0 Å². The summed E-state index contributed by atoms with van der Waals surface area (Å²) >= 11 is 0. The first-order valence-corrected chi connectivity index (χ1v) is 3.26. The highest BCUT2D eigenvalue weighted by Crippen LogP contribution is 2.28. The maximum absolute atomic E-state index is 9.07. The SMILES string of the molecule is Cl.Oc1cc2cc[nH]c2cc1O. The van der Waals surface area contributed by atoms with Gasteiger partial charge in [-0.1, -0.05) is 0 Å². The minimum atomic E-state index is -0.0973. The Balaban J connectivity index is 0.000000720. The molecule has 3 N–H and O–H groups in total. The zero-order valence-electron chi connectivity index (χ0n) is 6.11. The topological polar surface area (TPSA) is 56.2 Å². The van der Waals surface area contributed by atoms with E-state index in [0.29, 0.717) is 0 Å². The maximum atomic E-state index is 9.07. The second-order valence-electron chi connectivity index (χ2n) is 2.41. The second kappa shape index (κ2) is 2.95. The van der Waals surface area contributed by atoms with Crippen LogP contribution in [0.5, 0.6) is 11.5 Å². The number of fused-ring (bicyclic) bond motifs is 1. The Kier molecular flexibility index (Phi) is 2.15. The zero-order chi connectivity index (χ0) is 7.84. The van der Waals surface area contributed by atoms with Crippen LogP contribution in [0.4, 0.5) is 0 Å². The standard InChI is InChI=1S/C8H7NO2.ClH/c10-7-3-5-1-2-9-6(5)4-8(7)11;/h1-4,9-11H;1H. The van der Waals surface area contributed by atoms with Gasteiger partial charge in [0.25, 0.3) is 0 Å². The fourth-order valence-electron chi connectivity index (χ4n) is 1.08. The quantitative estimate of drug-likeness (QED) is 0.550. The van der Waals surface area contributed by atoms with Crippen molar-refractivity contribution in [2.75, 3.05) is 0 Å². The lowest BCUT2D eigenvalue weighted by atomic mass is 10.2. The number of phenols is 2. The average Bonchev–Trinajstić information content (AvgIpc) is 2.36. The van der Waals surface area contributed by atoms with Gasteiger partial charge >= 0.3 is 0 Å². The molecule has 0 aliphatic heterocycles. The third-order valence-corrected chi connectivity index (χ3v) is 1.65. The molecule has 2 rings (SSSR count). The summed E-state index contributed by atoms with van der Waals surface area (Å²) in [6.07, 6.45) is 1.75. The summed E-state index contributed by atoms with van der Waals surface area (Å²) in [4.78, 5) is 2.92. The number of aromatic hydroxyl groups is 2. The van der Waals surface area contributed by atoms with Crippen molar-refractivity contribution in [2.24, 2.45) is 0 Å². The molecule has 0 fully saturated rings. The van der Waals surface area contributed by atoms with E-state index in [2.05, 4.69) is 4.98 Å². The zero-order valence-corrected chi connectivity index (χ0v) is 6.93. The number of nitrogens with one attached hydrogen (secondary N) is 1. The Hall–Kier alpha value is -1.35. The molecule has 0 radical (unpaired) electrons. The minimum absolute atomic E-state index is 0. The molecule has 0 aliphatic rings.